The summed E-state index contributed by atoms with van der Waals surface area (Å²) < 4.78 is 40.7. The third kappa shape index (κ3) is 6.61. The summed E-state index contributed by atoms with van der Waals surface area (Å²) >= 11 is 0. The second-order valence-electron chi connectivity index (χ2n) is 4.15. The van der Waals surface area contributed by atoms with Crippen LogP contribution in [0, 0.1) is 0 Å². The number of hydrogen-bond donors (Lipinski definition) is 1. The molecule has 0 radical (unpaired) electrons. The fourth-order valence-electron chi connectivity index (χ4n) is 1.64. The fraction of sp³-hybridized carbons (Fsp3) is 0.538. The van der Waals surface area contributed by atoms with Crippen molar-refractivity contribution in [2.24, 2.45) is 0 Å². The van der Waals surface area contributed by atoms with Crippen LogP contribution < -0.4 is 5.32 Å². The largest absolute Gasteiger partial charge is 0.389 e. The zero-order valence-electron chi connectivity index (χ0n) is 10.4. The Morgan fingerprint density at radius 3 is 2.61 bits per heavy atom. The molecule has 0 saturated carbocycles. The van der Waals surface area contributed by atoms with Crippen molar-refractivity contribution >= 4 is 0 Å². The smallest absolute Gasteiger partial charge is 0.380 e. The molecule has 0 heterocycles. The summed E-state index contributed by atoms with van der Waals surface area (Å²) in [6, 6.07) is 7.80. The van der Waals surface area contributed by atoms with E-state index in [1.807, 2.05) is 24.3 Å². The highest BCUT2D eigenvalue weighted by atomic mass is 19.4. The van der Waals surface area contributed by atoms with Crippen LogP contribution in [0.4, 0.5) is 13.2 Å². The maximum Gasteiger partial charge on any atom is 0.389 e. The first-order valence-electron chi connectivity index (χ1n) is 5.85. The van der Waals surface area contributed by atoms with Crippen LogP contribution in [0.1, 0.15) is 24.0 Å². The minimum atomic E-state index is -4.06. The lowest BCUT2D eigenvalue weighted by molar-refractivity contribution is -0.135. The number of alkyl halides is 3. The zero-order valence-corrected chi connectivity index (χ0v) is 10.4. The van der Waals surface area contributed by atoms with Gasteiger partial charge in [-0.2, -0.15) is 13.2 Å². The Balaban J connectivity index is 2.24. The molecular formula is C13H18F3NO. The Morgan fingerprint density at radius 2 is 1.94 bits per heavy atom. The molecule has 0 saturated heterocycles. The molecule has 0 unspecified atom stereocenters. The molecule has 0 bridgehead atoms. The van der Waals surface area contributed by atoms with Crippen molar-refractivity contribution in [2.75, 3.05) is 13.7 Å². The van der Waals surface area contributed by atoms with Crippen molar-refractivity contribution in [1.29, 1.82) is 0 Å². The highest BCUT2D eigenvalue weighted by molar-refractivity contribution is 5.22. The molecule has 18 heavy (non-hydrogen) atoms. The molecule has 0 aliphatic heterocycles. The molecule has 0 aliphatic carbocycles. The van der Waals surface area contributed by atoms with Crippen LogP contribution in [0.15, 0.2) is 24.3 Å². The summed E-state index contributed by atoms with van der Waals surface area (Å²) in [5.74, 6) is 0. The molecule has 1 N–H and O–H groups in total. The zero-order chi connectivity index (χ0) is 13.4. The molecule has 0 aliphatic rings. The monoisotopic (exact) mass is 261 g/mol. The molecule has 0 aromatic heterocycles. The van der Waals surface area contributed by atoms with Gasteiger partial charge in [0, 0.05) is 20.1 Å². The molecule has 0 amide bonds. The third-order valence-electron chi connectivity index (χ3n) is 2.45. The lowest BCUT2D eigenvalue weighted by atomic mass is 10.1. The SMILES string of the molecule is COCc1cccc(CNCCCC(F)(F)F)c1. The molecule has 1 rings (SSSR count). The van der Waals surface area contributed by atoms with Crippen molar-refractivity contribution in [1.82, 2.24) is 5.32 Å². The van der Waals surface area contributed by atoms with Gasteiger partial charge in [-0.15, -0.1) is 0 Å². The molecule has 0 spiro atoms. The number of benzene rings is 1. The number of ether oxygens (including phenoxy) is 1. The van der Waals surface area contributed by atoms with E-state index in [0.29, 0.717) is 19.7 Å². The first kappa shape index (κ1) is 15.0. The van der Waals surface area contributed by atoms with Crippen LogP contribution in [0.3, 0.4) is 0 Å². The van der Waals surface area contributed by atoms with Crippen molar-refractivity contribution < 1.29 is 17.9 Å². The molecule has 102 valence electrons. The molecule has 1 aromatic rings. The Kier molecular flexibility index (Phi) is 6.15. The van der Waals surface area contributed by atoms with E-state index >= 15 is 0 Å². The fourth-order valence-corrected chi connectivity index (χ4v) is 1.64. The lowest BCUT2D eigenvalue weighted by Crippen LogP contribution is -2.17. The molecular weight excluding hydrogens is 243 g/mol. The molecule has 1 aromatic carbocycles. The third-order valence-corrected chi connectivity index (χ3v) is 2.45. The van der Waals surface area contributed by atoms with Gasteiger partial charge in [0.15, 0.2) is 0 Å². The van der Waals surface area contributed by atoms with Gasteiger partial charge in [-0.25, -0.2) is 0 Å². The summed E-state index contributed by atoms with van der Waals surface area (Å²) in [7, 11) is 1.63. The minimum Gasteiger partial charge on any atom is -0.380 e. The van der Waals surface area contributed by atoms with E-state index in [4.69, 9.17) is 4.74 Å². The standard InChI is InChI=1S/C13H18F3NO/c1-18-10-12-5-2-4-11(8-12)9-17-7-3-6-13(14,15)16/h2,4-5,8,17H,3,6-7,9-10H2,1H3. The minimum absolute atomic E-state index is 0.112. The van der Waals surface area contributed by atoms with Crippen LogP contribution in [-0.4, -0.2) is 19.8 Å². The van der Waals surface area contributed by atoms with Gasteiger partial charge in [0.1, 0.15) is 0 Å². The molecule has 5 heteroatoms. The van der Waals surface area contributed by atoms with Gasteiger partial charge >= 0.3 is 6.18 Å². The van der Waals surface area contributed by atoms with Gasteiger partial charge in [0.25, 0.3) is 0 Å². The normalized spacial score (nSPS) is 11.8. The Morgan fingerprint density at radius 1 is 1.22 bits per heavy atom. The summed E-state index contributed by atoms with van der Waals surface area (Å²) in [5, 5.41) is 3.00. The van der Waals surface area contributed by atoms with Gasteiger partial charge < -0.3 is 10.1 Å². The van der Waals surface area contributed by atoms with Crippen molar-refractivity contribution in [3.05, 3.63) is 35.4 Å². The average Bonchev–Trinajstić information content (AvgIpc) is 2.28. The molecule has 0 atom stereocenters. The Labute approximate surface area is 105 Å². The van der Waals surface area contributed by atoms with E-state index in [9.17, 15) is 13.2 Å². The first-order chi connectivity index (χ1) is 8.51. The Bertz CT molecular complexity index is 352. The number of hydrogen-bond acceptors (Lipinski definition) is 2. The summed E-state index contributed by atoms with van der Waals surface area (Å²) in [4.78, 5) is 0. The predicted molar refractivity (Wildman–Crippen MR) is 64.2 cm³/mol. The van der Waals surface area contributed by atoms with E-state index in [0.717, 1.165) is 11.1 Å². The van der Waals surface area contributed by atoms with Crippen LogP contribution >= 0.6 is 0 Å². The van der Waals surface area contributed by atoms with E-state index in [2.05, 4.69) is 5.32 Å². The van der Waals surface area contributed by atoms with Gasteiger partial charge in [0.2, 0.25) is 0 Å². The van der Waals surface area contributed by atoms with E-state index in [-0.39, 0.29) is 6.42 Å². The second-order valence-corrected chi connectivity index (χ2v) is 4.15. The highest BCUT2D eigenvalue weighted by Crippen LogP contribution is 2.20. The number of rotatable bonds is 7. The number of methoxy groups -OCH3 is 1. The van der Waals surface area contributed by atoms with Crippen molar-refractivity contribution in [3.8, 4) is 0 Å². The molecule has 0 fully saturated rings. The van der Waals surface area contributed by atoms with Crippen LogP contribution in [0.2, 0.25) is 0 Å². The maximum absolute atomic E-state index is 11.9. The number of halogens is 3. The van der Waals surface area contributed by atoms with Gasteiger partial charge in [-0.3, -0.25) is 0 Å². The second kappa shape index (κ2) is 7.38. The van der Waals surface area contributed by atoms with Crippen LogP contribution in [0.25, 0.3) is 0 Å². The lowest BCUT2D eigenvalue weighted by Gasteiger charge is -2.08. The van der Waals surface area contributed by atoms with Gasteiger partial charge in [0.05, 0.1) is 6.61 Å². The van der Waals surface area contributed by atoms with Crippen molar-refractivity contribution in [2.45, 2.75) is 32.2 Å². The van der Waals surface area contributed by atoms with Crippen molar-refractivity contribution in [3.63, 3.8) is 0 Å². The maximum atomic E-state index is 11.9. The predicted octanol–water partition coefficient (Wildman–Crippen LogP) is 3.27. The summed E-state index contributed by atoms with van der Waals surface area (Å²) in [5.41, 5.74) is 2.11. The van der Waals surface area contributed by atoms with E-state index in [1.54, 1.807) is 7.11 Å². The average molecular weight is 261 g/mol. The topological polar surface area (TPSA) is 21.3 Å². The highest BCUT2D eigenvalue weighted by Gasteiger charge is 2.25. The van der Waals surface area contributed by atoms with Gasteiger partial charge in [-0.05, 0) is 24.1 Å². The quantitative estimate of drug-likeness (QED) is 0.761. The Hall–Kier alpha value is -1.07. The number of nitrogens with one attached hydrogen (secondary N) is 1. The van der Waals surface area contributed by atoms with Crippen LogP contribution in [0.5, 0.6) is 0 Å². The van der Waals surface area contributed by atoms with E-state index < -0.39 is 12.6 Å². The van der Waals surface area contributed by atoms with E-state index in [1.165, 1.54) is 0 Å². The molecule has 2 nitrogen and oxygen atoms in total. The summed E-state index contributed by atoms with van der Waals surface area (Å²) in [6.07, 6.45) is -4.68. The van der Waals surface area contributed by atoms with Gasteiger partial charge in [-0.1, -0.05) is 24.3 Å². The summed E-state index contributed by atoms with van der Waals surface area (Å²) in [6.45, 7) is 1.49. The van der Waals surface area contributed by atoms with Crippen LogP contribution in [-0.2, 0) is 17.9 Å². The first-order valence-corrected chi connectivity index (χ1v) is 5.85.